The van der Waals surface area contributed by atoms with E-state index in [9.17, 15) is 4.79 Å². The van der Waals surface area contributed by atoms with Gasteiger partial charge in [-0.05, 0) is 17.7 Å². The van der Waals surface area contributed by atoms with Crippen molar-refractivity contribution >= 4 is 38.3 Å². The van der Waals surface area contributed by atoms with Crippen molar-refractivity contribution in [3.8, 4) is 0 Å². The molecule has 2 atom stereocenters. The van der Waals surface area contributed by atoms with E-state index in [1.54, 1.807) is 0 Å². The van der Waals surface area contributed by atoms with Crippen LogP contribution in [0, 0.1) is 5.41 Å². The molecule has 0 fully saturated rings. The van der Waals surface area contributed by atoms with Crippen LogP contribution in [0.15, 0.2) is 20.9 Å². The minimum atomic E-state index is 0.306. The number of hydrogen-bond donors (Lipinski definition) is 0. The average molecular weight is 286 g/mol. The van der Waals surface area contributed by atoms with Crippen LogP contribution in [0.25, 0.3) is 0 Å². The Hall–Kier alpha value is -0.670. The first-order valence-electron chi connectivity index (χ1n) is 5.68. The second kappa shape index (κ2) is 7.05. The van der Waals surface area contributed by atoms with Gasteiger partial charge in [0.25, 0.3) is 0 Å². The van der Waals surface area contributed by atoms with Gasteiger partial charge in [-0.1, -0.05) is 29.4 Å². The zero-order valence-corrected chi connectivity index (χ0v) is 13.0. The highest BCUT2D eigenvalue weighted by Gasteiger charge is 2.20. The summed E-state index contributed by atoms with van der Waals surface area (Å²) in [5, 5.41) is 0. The van der Waals surface area contributed by atoms with Gasteiger partial charge in [-0.25, -0.2) is 0 Å². The van der Waals surface area contributed by atoms with E-state index in [0.29, 0.717) is 31.2 Å². The SMILES string of the molecule is CO/C(=N\SC=O)C1=CPC(CC(C)(C)C)C=N1. The molecule has 0 N–H and O–H groups in total. The quantitative estimate of drug-likeness (QED) is 0.262. The molecule has 100 valence electrons. The van der Waals surface area contributed by atoms with Crippen LogP contribution in [-0.4, -0.2) is 30.5 Å². The summed E-state index contributed by atoms with van der Waals surface area (Å²) in [5.74, 6) is 2.45. The predicted molar refractivity (Wildman–Crippen MR) is 81.5 cm³/mol. The molecular formula is C12H19N2O2PS. The number of hydrogen-bond acceptors (Lipinski definition) is 5. The lowest BCUT2D eigenvalue weighted by Gasteiger charge is -2.24. The number of carbonyl (C=O) groups excluding carboxylic acids is 1. The smallest absolute Gasteiger partial charge is 0.247 e. The maximum Gasteiger partial charge on any atom is 0.247 e. The summed E-state index contributed by atoms with van der Waals surface area (Å²) in [7, 11) is 2.21. The molecule has 0 aromatic heterocycles. The Morgan fingerprint density at radius 1 is 1.67 bits per heavy atom. The molecule has 1 aliphatic rings. The van der Waals surface area contributed by atoms with Crippen molar-refractivity contribution in [1.29, 1.82) is 0 Å². The maximum absolute atomic E-state index is 10.3. The molecule has 0 saturated carbocycles. The first-order chi connectivity index (χ1) is 8.46. The fourth-order valence-electron chi connectivity index (χ4n) is 1.58. The molecule has 0 amide bonds. The van der Waals surface area contributed by atoms with E-state index in [0.717, 1.165) is 24.1 Å². The molecule has 0 aromatic rings. The van der Waals surface area contributed by atoms with Crippen LogP contribution in [0.4, 0.5) is 0 Å². The summed E-state index contributed by atoms with van der Waals surface area (Å²) in [4.78, 5) is 14.6. The topological polar surface area (TPSA) is 51.0 Å². The number of nitrogens with zero attached hydrogens (tertiary/aromatic N) is 2. The Kier molecular flexibility index (Phi) is 6.03. The molecule has 0 aliphatic carbocycles. The average Bonchev–Trinajstić information content (AvgIpc) is 2.30. The molecule has 1 aliphatic heterocycles. The van der Waals surface area contributed by atoms with Gasteiger partial charge >= 0.3 is 0 Å². The molecule has 18 heavy (non-hydrogen) atoms. The van der Waals surface area contributed by atoms with E-state index < -0.39 is 0 Å². The van der Waals surface area contributed by atoms with Crippen molar-refractivity contribution in [3.05, 3.63) is 11.5 Å². The largest absolute Gasteiger partial charge is 0.479 e. The van der Waals surface area contributed by atoms with Crippen LogP contribution in [0.1, 0.15) is 27.2 Å². The van der Waals surface area contributed by atoms with Crippen LogP contribution in [-0.2, 0) is 9.53 Å². The summed E-state index contributed by atoms with van der Waals surface area (Å²) in [5.41, 5.74) is 2.18. The van der Waals surface area contributed by atoms with Crippen LogP contribution in [0.3, 0.4) is 0 Å². The van der Waals surface area contributed by atoms with E-state index in [-0.39, 0.29) is 0 Å². The molecule has 6 heteroatoms. The highest BCUT2D eigenvalue weighted by molar-refractivity contribution is 8.10. The van der Waals surface area contributed by atoms with E-state index in [1.165, 1.54) is 7.11 Å². The summed E-state index contributed by atoms with van der Waals surface area (Å²) in [6, 6.07) is 0. The van der Waals surface area contributed by atoms with Crippen molar-refractivity contribution < 1.29 is 9.53 Å². The minimum Gasteiger partial charge on any atom is -0.479 e. The molecule has 1 rings (SSSR count). The van der Waals surface area contributed by atoms with Gasteiger partial charge in [0.1, 0.15) is 5.70 Å². The highest BCUT2D eigenvalue weighted by atomic mass is 32.2. The minimum absolute atomic E-state index is 0.306. The third-order valence-electron chi connectivity index (χ3n) is 2.25. The Balaban J connectivity index is 2.64. The molecule has 4 nitrogen and oxygen atoms in total. The summed E-state index contributed by atoms with van der Waals surface area (Å²) < 4.78 is 9.07. The standard InChI is InChI=1S/C12H19N2O2PS/c1-12(2,3)5-9-6-13-10(7-17-9)11(16-4)14-18-8-15/h6-9,17H,5H2,1-4H3/b14-11-. The van der Waals surface area contributed by atoms with Gasteiger partial charge in [-0.3, -0.25) is 9.79 Å². The fraction of sp³-hybridized carbons (Fsp3) is 0.583. The summed E-state index contributed by atoms with van der Waals surface area (Å²) >= 11 is 0.816. The monoisotopic (exact) mass is 286 g/mol. The molecule has 0 bridgehead atoms. The Labute approximate surface area is 114 Å². The first kappa shape index (κ1) is 15.4. The van der Waals surface area contributed by atoms with Crippen LogP contribution in [0.2, 0.25) is 0 Å². The zero-order chi connectivity index (χ0) is 13.6. The summed E-state index contributed by atoms with van der Waals surface area (Å²) in [6.07, 6.45) is 3.08. The molecule has 0 saturated heterocycles. The highest BCUT2D eigenvalue weighted by Crippen LogP contribution is 2.34. The first-order valence-corrected chi connectivity index (χ1v) is 7.67. The van der Waals surface area contributed by atoms with Gasteiger partial charge < -0.3 is 4.74 Å². The number of rotatable bonds is 4. The van der Waals surface area contributed by atoms with Gasteiger partial charge in [0.15, 0.2) is 5.62 Å². The number of carbonyl (C=O) groups is 1. The van der Waals surface area contributed by atoms with Crippen LogP contribution < -0.4 is 0 Å². The third kappa shape index (κ3) is 5.32. The van der Waals surface area contributed by atoms with Crippen molar-refractivity contribution in [2.24, 2.45) is 14.8 Å². The van der Waals surface area contributed by atoms with Crippen LogP contribution >= 0.6 is 20.5 Å². The van der Waals surface area contributed by atoms with Crippen molar-refractivity contribution in [3.63, 3.8) is 0 Å². The van der Waals surface area contributed by atoms with Crippen molar-refractivity contribution in [2.75, 3.05) is 7.11 Å². The van der Waals surface area contributed by atoms with Gasteiger partial charge in [0, 0.05) is 11.9 Å². The van der Waals surface area contributed by atoms with Gasteiger partial charge in [0.2, 0.25) is 5.90 Å². The van der Waals surface area contributed by atoms with Crippen LogP contribution in [0.5, 0.6) is 0 Å². The van der Waals surface area contributed by atoms with E-state index >= 15 is 0 Å². The Morgan fingerprint density at radius 2 is 2.39 bits per heavy atom. The van der Waals surface area contributed by atoms with Gasteiger partial charge in [-0.2, -0.15) is 4.40 Å². The zero-order valence-electron chi connectivity index (χ0n) is 11.1. The van der Waals surface area contributed by atoms with Crippen molar-refractivity contribution in [1.82, 2.24) is 0 Å². The van der Waals surface area contributed by atoms with Crippen molar-refractivity contribution in [2.45, 2.75) is 32.9 Å². The lowest BCUT2D eigenvalue weighted by molar-refractivity contribution is 0.390. The molecule has 2 unspecified atom stereocenters. The number of methoxy groups -OCH3 is 1. The molecule has 0 radical (unpaired) electrons. The lowest BCUT2D eigenvalue weighted by Crippen LogP contribution is -2.17. The van der Waals surface area contributed by atoms with Gasteiger partial charge in [-0.15, -0.1) is 0 Å². The lowest BCUT2D eigenvalue weighted by atomic mass is 9.90. The van der Waals surface area contributed by atoms with E-state index in [2.05, 4.69) is 30.2 Å². The van der Waals surface area contributed by atoms with E-state index in [4.69, 9.17) is 4.74 Å². The third-order valence-corrected chi connectivity index (χ3v) is 3.83. The predicted octanol–water partition coefficient (Wildman–Crippen LogP) is 3.28. The molecular weight excluding hydrogens is 267 g/mol. The Morgan fingerprint density at radius 3 is 2.83 bits per heavy atom. The summed E-state index contributed by atoms with van der Waals surface area (Å²) in [6.45, 7) is 6.69. The maximum atomic E-state index is 10.3. The molecule has 0 spiro atoms. The Bertz CT molecular complexity index is 386. The number of ether oxygens (including phenoxy) is 1. The molecule has 0 aromatic carbocycles. The van der Waals surface area contributed by atoms with Gasteiger partial charge in [0.05, 0.1) is 19.1 Å². The van der Waals surface area contributed by atoms with E-state index in [1.807, 2.05) is 12.0 Å². The normalized spacial score (nSPS) is 21.9. The fourth-order valence-corrected chi connectivity index (χ4v) is 3.35. The second-order valence-electron chi connectivity index (χ2n) is 5.15. The second-order valence-corrected chi connectivity index (χ2v) is 7.10. The number of aliphatic imine (C=N–C) groups is 1. The molecule has 1 heterocycles.